The van der Waals surface area contributed by atoms with E-state index in [4.69, 9.17) is 0 Å². The second-order valence-corrected chi connectivity index (χ2v) is 5.17. The minimum atomic E-state index is -4.22. The summed E-state index contributed by atoms with van der Waals surface area (Å²) in [5.41, 5.74) is -3.20. The van der Waals surface area contributed by atoms with Crippen LogP contribution in [0.3, 0.4) is 0 Å². The minimum absolute atomic E-state index is 0. The molecule has 19 heavy (non-hydrogen) atoms. The Morgan fingerprint density at radius 3 is 2.26 bits per heavy atom. The van der Waals surface area contributed by atoms with E-state index in [1.807, 2.05) is 14.1 Å². The van der Waals surface area contributed by atoms with Crippen molar-refractivity contribution in [3.05, 3.63) is 29.8 Å². The van der Waals surface area contributed by atoms with Crippen molar-refractivity contribution in [1.29, 1.82) is 0 Å². The van der Waals surface area contributed by atoms with Gasteiger partial charge in [-0.15, -0.1) is 12.4 Å². The Kier molecular flexibility index (Phi) is 8.49. The third kappa shape index (κ3) is 8.36. The topological polar surface area (TPSA) is 15.3 Å². The molecule has 1 aromatic carbocycles. The predicted molar refractivity (Wildman–Crippen MR) is 75.9 cm³/mol. The van der Waals surface area contributed by atoms with Crippen molar-refractivity contribution < 1.29 is 13.2 Å². The zero-order chi connectivity index (χ0) is 13.6. The highest BCUT2D eigenvalue weighted by Gasteiger charge is 2.28. The number of hydrogen-bond acceptors (Lipinski definition) is 3. The third-order valence-electron chi connectivity index (χ3n) is 2.35. The van der Waals surface area contributed by atoms with Crippen LogP contribution in [-0.4, -0.2) is 37.6 Å². The number of alkyl halides is 3. The van der Waals surface area contributed by atoms with E-state index < -0.39 is 5.51 Å². The van der Waals surface area contributed by atoms with E-state index >= 15 is 0 Å². The van der Waals surface area contributed by atoms with Gasteiger partial charge in [-0.2, -0.15) is 13.2 Å². The molecule has 0 fully saturated rings. The lowest BCUT2D eigenvalue weighted by Gasteiger charge is -2.16. The molecule has 0 atom stereocenters. The monoisotopic (exact) mass is 314 g/mol. The summed E-state index contributed by atoms with van der Waals surface area (Å²) in [6.45, 7) is 2.52. The highest BCUT2D eigenvalue weighted by Crippen LogP contribution is 2.36. The maximum atomic E-state index is 12.1. The average molecular weight is 315 g/mol. The van der Waals surface area contributed by atoms with Crippen molar-refractivity contribution in [3.63, 3.8) is 0 Å². The van der Waals surface area contributed by atoms with Gasteiger partial charge < -0.3 is 10.2 Å². The van der Waals surface area contributed by atoms with Crippen LogP contribution in [0.25, 0.3) is 0 Å². The second-order valence-electron chi connectivity index (χ2n) is 4.03. The Labute approximate surface area is 122 Å². The summed E-state index contributed by atoms with van der Waals surface area (Å²) < 4.78 is 36.4. The van der Waals surface area contributed by atoms with Gasteiger partial charge in [0.15, 0.2) is 0 Å². The van der Waals surface area contributed by atoms with E-state index in [1.165, 1.54) is 12.1 Å². The molecule has 1 rings (SSSR count). The molecule has 0 heterocycles. The SMILES string of the molecule is CNCCN(C)Cc1ccc(SC(F)(F)F)cc1.Cl. The minimum Gasteiger partial charge on any atom is -0.318 e. The number of likely N-dealkylation sites (N-methyl/N-ethyl adjacent to an activating group) is 2. The van der Waals surface area contributed by atoms with Gasteiger partial charge in [-0.25, -0.2) is 0 Å². The number of nitrogens with zero attached hydrogens (tertiary/aromatic N) is 1. The molecule has 110 valence electrons. The van der Waals surface area contributed by atoms with Gasteiger partial charge >= 0.3 is 5.51 Å². The van der Waals surface area contributed by atoms with Gasteiger partial charge in [-0.05, 0) is 43.6 Å². The molecule has 0 aliphatic rings. The van der Waals surface area contributed by atoms with Gasteiger partial charge in [0.25, 0.3) is 0 Å². The molecule has 0 bridgehead atoms. The van der Waals surface area contributed by atoms with Crippen LogP contribution in [0.1, 0.15) is 5.56 Å². The maximum Gasteiger partial charge on any atom is 0.446 e. The molecule has 0 aliphatic carbocycles. The van der Waals surface area contributed by atoms with E-state index in [9.17, 15) is 13.2 Å². The zero-order valence-corrected chi connectivity index (χ0v) is 12.5. The second kappa shape index (κ2) is 8.68. The molecule has 1 N–H and O–H groups in total. The highest BCUT2D eigenvalue weighted by atomic mass is 35.5. The fraction of sp³-hybridized carbons (Fsp3) is 0.500. The van der Waals surface area contributed by atoms with Crippen LogP contribution in [-0.2, 0) is 6.54 Å². The van der Waals surface area contributed by atoms with Crippen molar-refractivity contribution in [1.82, 2.24) is 10.2 Å². The van der Waals surface area contributed by atoms with Crippen LogP contribution in [0.5, 0.6) is 0 Å². The molecule has 2 nitrogen and oxygen atoms in total. The number of hydrogen-bond donors (Lipinski definition) is 1. The zero-order valence-electron chi connectivity index (χ0n) is 10.8. The summed E-state index contributed by atoms with van der Waals surface area (Å²) in [5.74, 6) is 0. The third-order valence-corrected chi connectivity index (χ3v) is 3.09. The maximum absolute atomic E-state index is 12.1. The first-order chi connectivity index (χ1) is 8.40. The van der Waals surface area contributed by atoms with Gasteiger partial charge in [-0.3, -0.25) is 0 Å². The predicted octanol–water partition coefficient (Wildman–Crippen LogP) is 3.37. The Morgan fingerprint density at radius 1 is 1.21 bits per heavy atom. The van der Waals surface area contributed by atoms with Gasteiger partial charge in [-0.1, -0.05) is 12.1 Å². The molecule has 0 spiro atoms. The number of nitrogens with one attached hydrogen (secondary N) is 1. The molecule has 7 heteroatoms. The Hall–Kier alpha value is -0.430. The molecule has 0 amide bonds. The molecule has 0 aliphatic heterocycles. The van der Waals surface area contributed by atoms with Crippen LogP contribution >= 0.6 is 24.2 Å². The van der Waals surface area contributed by atoms with Crippen molar-refractivity contribution in [3.8, 4) is 0 Å². The van der Waals surface area contributed by atoms with E-state index in [-0.39, 0.29) is 29.1 Å². The summed E-state index contributed by atoms with van der Waals surface area (Å²) in [7, 11) is 3.87. The highest BCUT2D eigenvalue weighted by molar-refractivity contribution is 8.00. The number of halogens is 4. The molecule has 0 saturated carbocycles. The molecule has 0 aromatic heterocycles. The van der Waals surface area contributed by atoms with Crippen LogP contribution in [0.2, 0.25) is 0 Å². The normalized spacial score (nSPS) is 11.5. The fourth-order valence-corrected chi connectivity index (χ4v) is 2.03. The summed E-state index contributed by atoms with van der Waals surface area (Å²) >= 11 is -0.0814. The lowest BCUT2D eigenvalue weighted by molar-refractivity contribution is -0.0328. The van der Waals surface area contributed by atoms with Crippen molar-refractivity contribution in [2.45, 2.75) is 16.9 Å². The largest absolute Gasteiger partial charge is 0.446 e. The number of rotatable bonds is 6. The van der Waals surface area contributed by atoms with E-state index in [0.717, 1.165) is 25.2 Å². The van der Waals surface area contributed by atoms with Crippen LogP contribution in [0, 0.1) is 0 Å². The van der Waals surface area contributed by atoms with Crippen molar-refractivity contribution in [2.24, 2.45) is 0 Å². The van der Waals surface area contributed by atoms with Gasteiger partial charge in [0.2, 0.25) is 0 Å². The first kappa shape index (κ1) is 18.6. The first-order valence-corrected chi connectivity index (χ1v) is 6.40. The van der Waals surface area contributed by atoms with Crippen LogP contribution in [0.15, 0.2) is 29.2 Å². The molecular weight excluding hydrogens is 297 g/mol. The van der Waals surface area contributed by atoms with Crippen LogP contribution in [0.4, 0.5) is 13.2 Å². The summed E-state index contributed by atoms with van der Waals surface area (Å²) in [6, 6.07) is 6.51. The Bertz CT molecular complexity index is 357. The van der Waals surface area contributed by atoms with Crippen molar-refractivity contribution >= 4 is 24.2 Å². The Balaban J connectivity index is 0.00000324. The lowest BCUT2D eigenvalue weighted by atomic mass is 10.2. The summed E-state index contributed by atoms with van der Waals surface area (Å²) in [6.07, 6.45) is 0. The Morgan fingerprint density at radius 2 is 1.79 bits per heavy atom. The number of benzene rings is 1. The smallest absolute Gasteiger partial charge is 0.318 e. The van der Waals surface area contributed by atoms with Gasteiger partial charge in [0.1, 0.15) is 0 Å². The van der Waals surface area contributed by atoms with E-state index in [0.29, 0.717) is 0 Å². The van der Waals surface area contributed by atoms with E-state index in [2.05, 4.69) is 10.2 Å². The molecule has 0 radical (unpaired) electrons. The van der Waals surface area contributed by atoms with Gasteiger partial charge in [0, 0.05) is 24.5 Å². The summed E-state index contributed by atoms with van der Waals surface area (Å²) in [4.78, 5) is 2.34. The van der Waals surface area contributed by atoms with Crippen molar-refractivity contribution in [2.75, 3.05) is 27.2 Å². The van der Waals surface area contributed by atoms with Crippen LogP contribution < -0.4 is 5.32 Å². The fourth-order valence-electron chi connectivity index (χ4n) is 1.49. The summed E-state index contributed by atoms with van der Waals surface area (Å²) in [5, 5.41) is 3.05. The lowest BCUT2D eigenvalue weighted by Crippen LogP contribution is -2.26. The standard InChI is InChI=1S/C12H17F3N2S.ClH/c1-16-7-8-17(2)9-10-3-5-11(6-4-10)18-12(13,14)15;/h3-6,16H,7-9H2,1-2H3;1H. The number of thioether (sulfide) groups is 1. The van der Waals surface area contributed by atoms with E-state index in [1.54, 1.807) is 12.1 Å². The molecule has 0 unspecified atom stereocenters. The van der Waals surface area contributed by atoms with Gasteiger partial charge in [0.05, 0.1) is 0 Å². The first-order valence-electron chi connectivity index (χ1n) is 5.58. The molecular formula is C12H18ClF3N2S. The molecule has 0 saturated heterocycles. The quantitative estimate of drug-likeness (QED) is 0.811. The molecule has 1 aromatic rings. The average Bonchev–Trinajstić information content (AvgIpc) is 2.27.